The van der Waals surface area contributed by atoms with Gasteiger partial charge in [-0.15, -0.1) is 0 Å². The monoisotopic (exact) mass is 151 g/mol. The second kappa shape index (κ2) is 2.82. The predicted molar refractivity (Wildman–Crippen MR) is 46.0 cm³/mol. The van der Waals surface area contributed by atoms with Crippen molar-refractivity contribution in [2.24, 2.45) is 5.73 Å². The molecule has 0 spiro atoms. The van der Waals surface area contributed by atoms with Crippen LogP contribution in [0.4, 0.5) is 0 Å². The molecule has 1 aliphatic carbocycles. The first-order valence-electron chi connectivity index (χ1n) is 3.63. The van der Waals surface area contributed by atoms with Gasteiger partial charge in [-0.25, -0.2) is 0 Å². The van der Waals surface area contributed by atoms with E-state index in [2.05, 4.69) is 0 Å². The molecular weight excluding hydrogens is 138 g/mol. The fourth-order valence-electron chi connectivity index (χ4n) is 0.985. The van der Waals surface area contributed by atoms with Gasteiger partial charge < -0.3 is 10.8 Å². The maximum absolute atomic E-state index is 9.12. The Morgan fingerprint density at radius 3 is 2.55 bits per heavy atom. The maximum Gasteiger partial charge on any atom is 0.134 e. The standard InChI is InChI=1S/C9H13NO/c1-6(2)7-3-4-9(11)8(10)5-7/h3-4,11H,5,10H2,1-2H3. The Bertz CT molecular complexity index is 255. The van der Waals surface area contributed by atoms with Crippen molar-refractivity contribution in [2.45, 2.75) is 20.3 Å². The molecule has 0 amide bonds. The van der Waals surface area contributed by atoms with Crippen LogP contribution in [0.25, 0.3) is 0 Å². The molecule has 1 aliphatic rings. The fourth-order valence-corrected chi connectivity index (χ4v) is 0.985. The van der Waals surface area contributed by atoms with Crippen LogP contribution in [-0.4, -0.2) is 5.11 Å². The van der Waals surface area contributed by atoms with Crippen LogP contribution in [0.2, 0.25) is 0 Å². The molecule has 0 atom stereocenters. The number of hydrogen-bond donors (Lipinski definition) is 2. The average molecular weight is 151 g/mol. The SMILES string of the molecule is CC(C)=C1C=CC(O)=C(N)C1. The highest BCUT2D eigenvalue weighted by Crippen LogP contribution is 2.20. The zero-order chi connectivity index (χ0) is 8.43. The lowest BCUT2D eigenvalue weighted by Gasteiger charge is -2.11. The third-order valence-electron chi connectivity index (χ3n) is 1.79. The maximum atomic E-state index is 9.12. The molecule has 0 bridgehead atoms. The van der Waals surface area contributed by atoms with E-state index >= 15 is 0 Å². The number of nitrogens with two attached hydrogens (primary N) is 1. The van der Waals surface area contributed by atoms with Crippen LogP contribution in [0.3, 0.4) is 0 Å². The summed E-state index contributed by atoms with van der Waals surface area (Å²) >= 11 is 0. The molecule has 2 heteroatoms. The third kappa shape index (κ3) is 1.64. The average Bonchev–Trinajstić information content (AvgIpc) is 1.94. The lowest BCUT2D eigenvalue weighted by molar-refractivity contribution is 0.421. The zero-order valence-electron chi connectivity index (χ0n) is 6.89. The van der Waals surface area contributed by atoms with Crippen molar-refractivity contribution < 1.29 is 5.11 Å². The van der Waals surface area contributed by atoms with E-state index in [1.54, 1.807) is 6.08 Å². The molecule has 60 valence electrons. The summed E-state index contributed by atoms with van der Waals surface area (Å²) in [5.41, 5.74) is 8.55. The molecule has 0 heterocycles. The Hall–Kier alpha value is -1.18. The largest absolute Gasteiger partial charge is 0.506 e. The van der Waals surface area contributed by atoms with Gasteiger partial charge in [0.2, 0.25) is 0 Å². The summed E-state index contributed by atoms with van der Waals surface area (Å²) in [6, 6.07) is 0. The van der Waals surface area contributed by atoms with E-state index in [1.165, 1.54) is 11.1 Å². The molecule has 11 heavy (non-hydrogen) atoms. The minimum absolute atomic E-state index is 0.204. The Morgan fingerprint density at radius 1 is 1.45 bits per heavy atom. The topological polar surface area (TPSA) is 46.2 Å². The minimum Gasteiger partial charge on any atom is -0.506 e. The van der Waals surface area contributed by atoms with E-state index in [9.17, 15) is 0 Å². The first-order valence-corrected chi connectivity index (χ1v) is 3.63. The lowest BCUT2D eigenvalue weighted by atomic mass is 10.0. The Labute approximate surface area is 66.7 Å². The van der Waals surface area contributed by atoms with Crippen LogP contribution in [0.1, 0.15) is 20.3 Å². The van der Waals surface area contributed by atoms with Crippen molar-refractivity contribution in [2.75, 3.05) is 0 Å². The normalized spacial score (nSPS) is 17.5. The third-order valence-corrected chi connectivity index (χ3v) is 1.79. The summed E-state index contributed by atoms with van der Waals surface area (Å²) in [4.78, 5) is 0. The van der Waals surface area contributed by atoms with Gasteiger partial charge >= 0.3 is 0 Å². The lowest BCUT2D eigenvalue weighted by Crippen LogP contribution is -2.06. The fraction of sp³-hybridized carbons (Fsp3) is 0.333. The summed E-state index contributed by atoms with van der Waals surface area (Å²) in [6.45, 7) is 4.07. The predicted octanol–water partition coefficient (Wildman–Crippen LogP) is 2.01. The molecule has 0 aromatic heterocycles. The highest BCUT2D eigenvalue weighted by atomic mass is 16.3. The van der Waals surface area contributed by atoms with E-state index in [4.69, 9.17) is 10.8 Å². The minimum atomic E-state index is 0.204. The molecular formula is C9H13NO. The molecule has 0 saturated heterocycles. The van der Waals surface area contributed by atoms with Gasteiger partial charge in [-0.2, -0.15) is 0 Å². The molecule has 0 aromatic rings. The van der Waals surface area contributed by atoms with E-state index in [-0.39, 0.29) is 5.76 Å². The van der Waals surface area contributed by atoms with Crippen molar-refractivity contribution in [3.8, 4) is 0 Å². The van der Waals surface area contributed by atoms with Gasteiger partial charge in [-0.05, 0) is 25.5 Å². The second-order valence-corrected chi connectivity index (χ2v) is 2.95. The van der Waals surface area contributed by atoms with Crippen LogP contribution >= 0.6 is 0 Å². The second-order valence-electron chi connectivity index (χ2n) is 2.95. The van der Waals surface area contributed by atoms with Crippen molar-refractivity contribution in [3.63, 3.8) is 0 Å². The van der Waals surface area contributed by atoms with Crippen molar-refractivity contribution >= 4 is 0 Å². The van der Waals surface area contributed by atoms with E-state index in [0.29, 0.717) is 12.1 Å². The number of aliphatic hydroxyl groups is 1. The summed E-state index contributed by atoms with van der Waals surface area (Å²) in [6.07, 6.45) is 4.22. The Morgan fingerprint density at radius 2 is 2.09 bits per heavy atom. The summed E-state index contributed by atoms with van der Waals surface area (Å²) in [7, 11) is 0. The van der Waals surface area contributed by atoms with E-state index in [0.717, 1.165) is 0 Å². The molecule has 0 fully saturated rings. The Kier molecular flexibility index (Phi) is 2.03. The molecule has 0 aromatic carbocycles. The molecule has 0 radical (unpaired) electrons. The van der Waals surface area contributed by atoms with Crippen molar-refractivity contribution in [1.29, 1.82) is 0 Å². The quantitative estimate of drug-likeness (QED) is 0.556. The highest BCUT2D eigenvalue weighted by Gasteiger charge is 2.07. The molecule has 0 aliphatic heterocycles. The van der Waals surface area contributed by atoms with E-state index in [1.807, 2.05) is 19.9 Å². The van der Waals surface area contributed by atoms with Gasteiger partial charge in [0.25, 0.3) is 0 Å². The van der Waals surface area contributed by atoms with Crippen molar-refractivity contribution in [1.82, 2.24) is 0 Å². The number of rotatable bonds is 0. The van der Waals surface area contributed by atoms with Crippen LogP contribution in [-0.2, 0) is 0 Å². The van der Waals surface area contributed by atoms with Crippen LogP contribution < -0.4 is 5.73 Å². The van der Waals surface area contributed by atoms with Crippen LogP contribution in [0.5, 0.6) is 0 Å². The van der Waals surface area contributed by atoms with E-state index < -0.39 is 0 Å². The number of aliphatic hydroxyl groups excluding tert-OH is 1. The van der Waals surface area contributed by atoms with Gasteiger partial charge in [0, 0.05) is 6.42 Å². The Balaban J connectivity index is 2.92. The summed E-state index contributed by atoms with van der Waals surface area (Å²) < 4.78 is 0. The zero-order valence-corrected chi connectivity index (χ0v) is 6.89. The molecule has 0 saturated carbocycles. The number of allylic oxidation sites excluding steroid dienone is 4. The molecule has 2 nitrogen and oxygen atoms in total. The van der Waals surface area contributed by atoms with Crippen LogP contribution in [0.15, 0.2) is 34.8 Å². The van der Waals surface area contributed by atoms with Gasteiger partial charge in [-0.1, -0.05) is 11.6 Å². The van der Waals surface area contributed by atoms with Crippen LogP contribution in [0, 0.1) is 0 Å². The highest BCUT2D eigenvalue weighted by molar-refractivity contribution is 5.37. The van der Waals surface area contributed by atoms with Gasteiger partial charge in [0.05, 0.1) is 5.70 Å². The first kappa shape index (κ1) is 7.92. The smallest absolute Gasteiger partial charge is 0.134 e. The molecule has 0 unspecified atom stereocenters. The van der Waals surface area contributed by atoms with Gasteiger partial charge in [-0.3, -0.25) is 0 Å². The number of hydrogen-bond acceptors (Lipinski definition) is 2. The first-order chi connectivity index (χ1) is 5.11. The van der Waals surface area contributed by atoms with Crippen molar-refractivity contribution in [3.05, 3.63) is 34.8 Å². The van der Waals surface area contributed by atoms with Gasteiger partial charge in [0.15, 0.2) is 0 Å². The van der Waals surface area contributed by atoms with Gasteiger partial charge in [0.1, 0.15) is 5.76 Å². The molecule has 1 rings (SSSR count). The summed E-state index contributed by atoms with van der Waals surface area (Å²) in [5.74, 6) is 0.204. The molecule has 3 N–H and O–H groups in total. The summed E-state index contributed by atoms with van der Waals surface area (Å²) in [5, 5.41) is 9.12.